The van der Waals surface area contributed by atoms with Crippen molar-refractivity contribution < 1.29 is 10.2 Å². The fraction of sp³-hybridized carbons (Fsp3) is 0.889. The number of nitrogens with zero attached hydrogens (tertiary/aromatic N) is 2. The van der Waals surface area contributed by atoms with Gasteiger partial charge in [0.05, 0.1) is 13.2 Å². The van der Waals surface area contributed by atoms with Crippen LogP contribution in [-0.2, 0) is 0 Å². The highest BCUT2D eigenvalue weighted by molar-refractivity contribution is 4.98. The van der Waals surface area contributed by atoms with E-state index in [1.165, 1.54) is 25.7 Å². The Morgan fingerprint density at radius 1 is 0.773 bits per heavy atom. The molecule has 0 spiro atoms. The van der Waals surface area contributed by atoms with E-state index < -0.39 is 0 Å². The van der Waals surface area contributed by atoms with E-state index in [1.54, 1.807) is 0 Å². The number of aliphatic hydroxyl groups is 2. The average molecular weight is 310 g/mol. The molecule has 2 atom stereocenters. The molecule has 2 unspecified atom stereocenters. The van der Waals surface area contributed by atoms with Crippen LogP contribution in [0.5, 0.6) is 0 Å². The second-order valence-electron chi connectivity index (χ2n) is 7.59. The van der Waals surface area contributed by atoms with Gasteiger partial charge in [-0.3, -0.25) is 9.80 Å². The molecule has 0 aromatic carbocycles. The molecule has 0 aromatic heterocycles. The van der Waals surface area contributed by atoms with Crippen molar-refractivity contribution in [2.45, 2.75) is 63.5 Å². The lowest BCUT2D eigenvalue weighted by Gasteiger charge is -2.44. The summed E-state index contributed by atoms with van der Waals surface area (Å²) in [5, 5.41) is 19.4. The first-order valence-electron chi connectivity index (χ1n) is 8.91. The lowest BCUT2D eigenvalue weighted by Crippen LogP contribution is -2.52. The number of hydrogen-bond acceptors (Lipinski definition) is 4. The predicted octanol–water partition coefficient (Wildman–Crippen LogP) is 2.02. The Morgan fingerprint density at radius 2 is 1.18 bits per heavy atom. The third kappa shape index (κ3) is 4.10. The highest BCUT2D eigenvalue weighted by Crippen LogP contribution is 2.28. The molecule has 0 amide bonds. The molecule has 0 saturated carbocycles. The maximum atomic E-state index is 9.68. The smallest absolute Gasteiger partial charge is 0.0612 e. The lowest BCUT2D eigenvalue weighted by atomic mass is 9.89. The quantitative estimate of drug-likeness (QED) is 0.737. The topological polar surface area (TPSA) is 46.9 Å². The molecule has 4 nitrogen and oxygen atoms in total. The third-order valence-corrected chi connectivity index (χ3v) is 5.81. The summed E-state index contributed by atoms with van der Waals surface area (Å²) in [6.45, 7) is 8.84. The van der Waals surface area contributed by atoms with Gasteiger partial charge in [-0.15, -0.1) is 0 Å². The number of rotatable bonds is 6. The van der Waals surface area contributed by atoms with Crippen molar-refractivity contribution in [3.8, 4) is 0 Å². The van der Waals surface area contributed by atoms with E-state index in [1.807, 2.05) is 0 Å². The van der Waals surface area contributed by atoms with Gasteiger partial charge in [-0.2, -0.15) is 0 Å². The van der Waals surface area contributed by atoms with Gasteiger partial charge < -0.3 is 10.2 Å². The van der Waals surface area contributed by atoms with Crippen LogP contribution >= 0.6 is 0 Å². The fourth-order valence-electron chi connectivity index (χ4n) is 3.86. The first kappa shape index (κ1) is 17.9. The van der Waals surface area contributed by atoms with Crippen LogP contribution in [0, 0.1) is 0 Å². The van der Waals surface area contributed by atoms with Gasteiger partial charge in [0.15, 0.2) is 0 Å². The van der Waals surface area contributed by atoms with E-state index in [2.05, 4.69) is 35.8 Å². The number of hydrogen-bond donors (Lipinski definition) is 2. The minimum absolute atomic E-state index is 0.0483. The Labute approximate surface area is 135 Å². The van der Waals surface area contributed by atoms with Gasteiger partial charge in [-0.05, 0) is 52.6 Å². The first-order chi connectivity index (χ1) is 10.5. The molecule has 2 aliphatic heterocycles. The molecule has 128 valence electrons. The second kappa shape index (κ2) is 7.91. The lowest BCUT2D eigenvalue weighted by molar-refractivity contribution is 0.0184. The number of aliphatic hydroxyl groups excluding tert-OH is 2. The summed E-state index contributed by atoms with van der Waals surface area (Å²) >= 11 is 0. The summed E-state index contributed by atoms with van der Waals surface area (Å²) in [6, 6.07) is 0. The fourth-order valence-corrected chi connectivity index (χ4v) is 3.86. The molecular weight excluding hydrogens is 276 g/mol. The van der Waals surface area contributed by atoms with Gasteiger partial charge in [-0.1, -0.05) is 25.0 Å². The van der Waals surface area contributed by atoms with E-state index in [-0.39, 0.29) is 24.3 Å². The van der Waals surface area contributed by atoms with Crippen molar-refractivity contribution in [2.75, 3.05) is 39.4 Å². The van der Waals surface area contributed by atoms with Crippen LogP contribution in [0.4, 0.5) is 0 Å². The monoisotopic (exact) mass is 310 g/mol. The standard InChI is InChI=1S/C18H34N2O2/c1-17(15-21)9-3-5-11-19(17)13-7-8-14-20-12-6-4-10-18(20,2)16-22/h7-8,21-22H,3-6,9-16H2,1-2H3/b8-7+. The van der Waals surface area contributed by atoms with E-state index in [0.717, 1.165) is 39.0 Å². The van der Waals surface area contributed by atoms with Gasteiger partial charge in [0.25, 0.3) is 0 Å². The summed E-state index contributed by atoms with van der Waals surface area (Å²) in [5.41, 5.74) is -0.0966. The van der Waals surface area contributed by atoms with Crippen molar-refractivity contribution in [3.63, 3.8) is 0 Å². The van der Waals surface area contributed by atoms with E-state index in [0.29, 0.717) is 0 Å². The Hall–Kier alpha value is -0.420. The zero-order valence-electron chi connectivity index (χ0n) is 14.4. The Bertz CT molecular complexity index is 340. The number of piperidine rings is 2. The van der Waals surface area contributed by atoms with E-state index >= 15 is 0 Å². The number of likely N-dealkylation sites (tertiary alicyclic amines) is 2. The Balaban J connectivity index is 1.84. The first-order valence-corrected chi connectivity index (χ1v) is 8.91. The molecule has 0 radical (unpaired) electrons. The van der Waals surface area contributed by atoms with Gasteiger partial charge in [-0.25, -0.2) is 0 Å². The summed E-state index contributed by atoms with van der Waals surface area (Å²) in [6.07, 6.45) is 11.6. The molecule has 2 N–H and O–H groups in total. The molecule has 2 aliphatic rings. The molecule has 0 bridgehead atoms. The van der Waals surface area contributed by atoms with Crippen LogP contribution in [0.25, 0.3) is 0 Å². The van der Waals surface area contributed by atoms with Crippen molar-refractivity contribution in [2.24, 2.45) is 0 Å². The van der Waals surface area contributed by atoms with Gasteiger partial charge >= 0.3 is 0 Å². The average Bonchev–Trinajstić information content (AvgIpc) is 2.54. The van der Waals surface area contributed by atoms with Crippen LogP contribution in [0.15, 0.2) is 12.2 Å². The molecule has 2 saturated heterocycles. The summed E-state index contributed by atoms with van der Waals surface area (Å²) in [5.74, 6) is 0. The normalized spacial score (nSPS) is 35.3. The molecule has 2 rings (SSSR count). The minimum Gasteiger partial charge on any atom is -0.394 e. The molecule has 0 aliphatic carbocycles. The minimum atomic E-state index is -0.0483. The van der Waals surface area contributed by atoms with Gasteiger partial charge in [0.1, 0.15) is 0 Å². The van der Waals surface area contributed by atoms with Crippen LogP contribution < -0.4 is 0 Å². The van der Waals surface area contributed by atoms with Crippen molar-refractivity contribution in [1.82, 2.24) is 9.80 Å². The highest BCUT2D eigenvalue weighted by atomic mass is 16.3. The van der Waals surface area contributed by atoms with E-state index in [9.17, 15) is 10.2 Å². The molecule has 4 heteroatoms. The maximum absolute atomic E-state index is 9.68. The van der Waals surface area contributed by atoms with Crippen LogP contribution in [0.2, 0.25) is 0 Å². The molecule has 2 heterocycles. The SMILES string of the molecule is CC1(CO)CCCCN1C/C=C/CN1CCCCC1(C)CO. The molecule has 2 fully saturated rings. The van der Waals surface area contributed by atoms with E-state index in [4.69, 9.17) is 0 Å². The third-order valence-electron chi connectivity index (χ3n) is 5.81. The molecular formula is C18H34N2O2. The van der Waals surface area contributed by atoms with Crippen LogP contribution in [0.1, 0.15) is 52.4 Å². The maximum Gasteiger partial charge on any atom is 0.0612 e. The van der Waals surface area contributed by atoms with Crippen molar-refractivity contribution in [3.05, 3.63) is 12.2 Å². The summed E-state index contributed by atoms with van der Waals surface area (Å²) in [7, 11) is 0. The zero-order chi connectivity index (χ0) is 16.1. The molecule has 22 heavy (non-hydrogen) atoms. The van der Waals surface area contributed by atoms with Crippen LogP contribution in [-0.4, -0.2) is 70.5 Å². The largest absolute Gasteiger partial charge is 0.394 e. The summed E-state index contributed by atoms with van der Waals surface area (Å²) in [4.78, 5) is 4.82. The Morgan fingerprint density at radius 3 is 1.55 bits per heavy atom. The van der Waals surface area contributed by atoms with Crippen molar-refractivity contribution >= 4 is 0 Å². The molecule has 0 aromatic rings. The van der Waals surface area contributed by atoms with Crippen LogP contribution in [0.3, 0.4) is 0 Å². The highest BCUT2D eigenvalue weighted by Gasteiger charge is 2.34. The second-order valence-corrected chi connectivity index (χ2v) is 7.59. The predicted molar refractivity (Wildman–Crippen MR) is 91.0 cm³/mol. The summed E-state index contributed by atoms with van der Waals surface area (Å²) < 4.78 is 0. The zero-order valence-corrected chi connectivity index (χ0v) is 14.4. The van der Waals surface area contributed by atoms with Crippen molar-refractivity contribution in [1.29, 1.82) is 0 Å². The van der Waals surface area contributed by atoms with Gasteiger partial charge in [0.2, 0.25) is 0 Å². The van der Waals surface area contributed by atoms with Gasteiger partial charge in [0, 0.05) is 24.2 Å². The Kier molecular flexibility index (Phi) is 6.45.